The Labute approximate surface area is 156 Å². The highest BCUT2D eigenvalue weighted by molar-refractivity contribution is 9.10. The number of hydrogen-bond acceptors (Lipinski definition) is 3. The molecule has 1 unspecified atom stereocenters. The number of amides is 2. The lowest BCUT2D eigenvalue weighted by atomic mass is 10.1. The number of para-hydroxylation sites is 1. The number of hydrogen-bond donors (Lipinski definition) is 3. The van der Waals surface area contributed by atoms with Gasteiger partial charge in [-0.3, -0.25) is 9.59 Å². The maximum Gasteiger partial charge on any atom is 0.251 e. The van der Waals surface area contributed by atoms with Crippen LogP contribution in [-0.2, 0) is 4.79 Å². The van der Waals surface area contributed by atoms with Crippen molar-refractivity contribution in [2.75, 3.05) is 17.2 Å². The van der Waals surface area contributed by atoms with Crippen molar-refractivity contribution in [3.8, 4) is 0 Å². The van der Waals surface area contributed by atoms with E-state index in [1.165, 1.54) is 0 Å². The molecule has 132 valence electrons. The van der Waals surface area contributed by atoms with E-state index < -0.39 is 0 Å². The molecule has 2 aromatic rings. The Kier molecular flexibility index (Phi) is 7.01. The van der Waals surface area contributed by atoms with E-state index >= 15 is 0 Å². The van der Waals surface area contributed by atoms with Crippen LogP contribution in [0.15, 0.2) is 53.0 Å². The van der Waals surface area contributed by atoms with Gasteiger partial charge in [0.15, 0.2) is 0 Å². The lowest BCUT2D eigenvalue weighted by Gasteiger charge is -2.13. The first-order valence-corrected chi connectivity index (χ1v) is 8.98. The summed E-state index contributed by atoms with van der Waals surface area (Å²) in [5.41, 5.74) is 2.01. The van der Waals surface area contributed by atoms with E-state index in [4.69, 9.17) is 0 Å². The van der Waals surface area contributed by atoms with Crippen LogP contribution in [0, 0.1) is 0 Å². The molecule has 0 aliphatic heterocycles. The van der Waals surface area contributed by atoms with E-state index in [0.29, 0.717) is 5.56 Å². The van der Waals surface area contributed by atoms with Crippen LogP contribution in [0.4, 0.5) is 11.4 Å². The zero-order chi connectivity index (χ0) is 18.2. The summed E-state index contributed by atoms with van der Waals surface area (Å²) >= 11 is 3.39. The van der Waals surface area contributed by atoms with E-state index in [9.17, 15) is 9.59 Å². The molecule has 0 aliphatic carbocycles. The molecule has 2 aromatic carbocycles. The Balaban J connectivity index is 1.92. The van der Waals surface area contributed by atoms with Crippen molar-refractivity contribution >= 4 is 39.1 Å². The Morgan fingerprint density at radius 2 is 1.88 bits per heavy atom. The molecule has 2 rings (SSSR count). The van der Waals surface area contributed by atoms with Crippen LogP contribution in [0.3, 0.4) is 0 Å². The normalized spacial score (nSPS) is 11.5. The van der Waals surface area contributed by atoms with Crippen molar-refractivity contribution in [2.45, 2.75) is 26.3 Å². The molecule has 25 heavy (non-hydrogen) atoms. The molecule has 0 bridgehead atoms. The zero-order valence-corrected chi connectivity index (χ0v) is 15.9. The monoisotopic (exact) mass is 403 g/mol. The van der Waals surface area contributed by atoms with E-state index in [-0.39, 0.29) is 24.4 Å². The molecule has 3 N–H and O–H groups in total. The quantitative estimate of drug-likeness (QED) is 0.653. The molecule has 5 nitrogen and oxygen atoms in total. The van der Waals surface area contributed by atoms with Crippen LogP contribution in [0.1, 0.15) is 30.6 Å². The van der Waals surface area contributed by atoms with Gasteiger partial charge in [0.25, 0.3) is 5.91 Å². The first-order chi connectivity index (χ1) is 12.0. The zero-order valence-electron chi connectivity index (χ0n) is 14.3. The molecule has 6 heteroatoms. The third-order valence-electron chi connectivity index (χ3n) is 3.72. The highest BCUT2D eigenvalue weighted by atomic mass is 79.9. The number of carbonyl (C=O) groups is 2. The van der Waals surface area contributed by atoms with Gasteiger partial charge in [-0.2, -0.15) is 0 Å². The molecule has 0 aliphatic rings. The Morgan fingerprint density at radius 1 is 1.12 bits per heavy atom. The molecular weight excluding hydrogens is 382 g/mol. The number of anilines is 2. The van der Waals surface area contributed by atoms with Crippen LogP contribution in [0.5, 0.6) is 0 Å². The lowest BCUT2D eigenvalue weighted by Crippen LogP contribution is -2.31. The Bertz CT molecular complexity index is 749. The molecule has 0 spiro atoms. The van der Waals surface area contributed by atoms with Crippen molar-refractivity contribution in [3.05, 3.63) is 58.6 Å². The minimum atomic E-state index is -0.165. The van der Waals surface area contributed by atoms with Crippen molar-refractivity contribution in [3.63, 3.8) is 0 Å². The van der Waals surface area contributed by atoms with Gasteiger partial charge in [-0.05, 0) is 59.6 Å². The number of carbonyl (C=O) groups excluding carboxylic acids is 2. The molecule has 0 aromatic heterocycles. The summed E-state index contributed by atoms with van der Waals surface area (Å²) < 4.78 is 0.826. The lowest BCUT2D eigenvalue weighted by molar-refractivity contribution is -0.114. The van der Waals surface area contributed by atoms with Gasteiger partial charge in [0.05, 0.1) is 12.2 Å². The first-order valence-electron chi connectivity index (χ1n) is 8.18. The predicted octanol–water partition coefficient (Wildman–Crippen LogP) is 4.03. The minimum Gasteiger partial charge on any atom is -0.376 e. The number of halogens is 1. The first kappa shape index (κ1) is 19.0. The summed E-state index contributed by atoms with van der Waals surface area (Å²) in [7, 11) is 0. The number of nitrogens with one attached hydrogen (secondary N) is 3. The second kappa shape index (κ2) is 9.22. The molecular formula is C19H22BrN3O2. The van der Waals surface area contributed by atoms with Gasteiger partial charge in [0.1, 0.15) is 0 Å². The number of benzene rings is 2. The van der Waals surface area contributed by atoms with Crippen molar-refractivity contribution in [2.24, 2.45) is 0 Å². The van der Waals surface area contributed by atoms with Gasteiger partial charge >= 0.3 is 0 Å². The van der Waals surface area contributed by atoms with Crippen molar-refractivity contribution in [1.29, 1.82) is 0 Å². The Hall–Kier alpha value is -2.34. The van der Waals surface area contributed by atoms with Gasteiger partial charge in [-0.25, -0.2) is 0 Å². The molecule has 2 amide bonds. The van der Waals surface area contributed by atoms with Gasteiger partial charge in [0.2, 0.25) is 5.91 Å². The van der Waals surface area contributed by atoms with E-state index in [2.05, 4.69) is 31.9 Å². The van der Waals surface area contributed by atoms with Gasteiger partial charge in [0, 0.05) is 21.8 Å². The third kappa shape index (κ3) is 5.90. The standard InChI is InChI=1S/C19H22BrN3O2/c1-3-13(2)22-19(25)14-7-6-8-15(11-14)21-12-18(24)23-17-10-5-4-9-16(17)20/h4-11,13,21H,3,12H2,1-2H3,(H,22,25)(H,23,24). The summed E-state index contributed by atoms with van der Waals surface area (Å²) in [6.07, 6.45) is 0.874. The second-order valence-electron chi connectivity index (χ2n) is 5.75. The molecule has 0 saturated carbocycles. The molecule has 0 saturated heterocycles. The van der Waals surface area contributed by atoms with Crippen LogP contribution < -0.4 is 16.0 Å². The summed E-state index contributed by atoms with van der Waals surface area (Å²) in [5.74, 6) is -0.281. The maximum absolute atomic E-state index is 12.2. The van der Waals surface area contributed by atoms with Crippen LogP contribution >= 0.6 is 15.9 Å². The van der Waals surface area contributed by atoms with Crippen LogP contribution in [-0.4, -0.2) is 24.4 Å². The highest BCUT2D eigenvalue weighted by Crippen LogP contribution is 2.21. The average Bonchev–Trinajstić information content (AvgIpc) is 2.62. The number of rotatable bonds is 7. The molecule has 0 radical (unpaired) electrons. The van der Waals surface area contributed by atoms with E-state index in [1.54, 1.807) is 18.2 Å². The van der Waals surface area contributed by atoms with Crippen molar-refractivity contribution in [1.82, 2.24) is 5.32 Å². The third-order valence-corrected chi connectivity index (χ3v) is 4.41. The summed E-state index contributed by atoms with van der Waals surface area (Å²) in [5, 5.41) is 8.79. The SMILES string of the molecule is CCC(C)NC(=O)c1cccc(NCC(=O)Nc2ccccc2Br)c1. The highest BCUT2D eigenvalue weighted by Gasteiger charge is 2.10. The fourth-order valence-corrected chi connectivity index (χ4v) is 2.50. The van der Waals surface area contributed by atoms with Gasteiger partial charge in [-0.1, -0.05) is 25.1 Å². The van der Waals surface area contributed by atoms with Crippen LogP contribution in [0.25, 0.3) is 0 Å². The van der Waals surface area contributed by atoms with Crippen LogP contribution in [0.2, 0.25) is 0 Å². The van der Waals surface area contributed by atoms with E-state index in [0.717, 1.165) is 22.3 Å². The van der Waals surface area contributed by atoms with E-state index in [1.807, 2.05) is 44.2 Å². The second-order valence-corrected chi connectivity index (χ2v) is 6.60. The maximum atomic E-state index is 12.2. The molecule has 1 atom stereocenters. The Morgan fingerprint density at radius 3 is 2.60 bits per heavy atom. The molecule has 0 heterocycles. The van der Waals surface area contributed by atoms with Gasteiger partial charge in [-0.15, -0.1) is 0 Å². The summed E-state index contributed by atoms with van der Waals surface area (Å²) in [4.78, 5) is 24.2. The summed E-state index contributed by atoms with van der Waals surface area (Å²) in [6.45, 7) is 4.09. The molecule has 0 fully saturated rings. The van der Waals surface area contributed by atoms with Crippen molar-refractivity contribution < 1.29 is 9.59 Å². The van der Waals surface area contributed by atoms with Gasteiger partial charge < -0.3 is 16.0 Å². The predicted molar refractivity (Wildman–Crippen MR) is 105 cm³/mol. The topological polar surface area (TPSA) is 70.2 Å². The fraction of sp³-hybridized carbons (Fsp3) is 0.263. The smallest absolute Gasteiger partial charge is 0.251 e. The average molecular weight is 404 g/mol. The minimum absolute atomic E-state index is 0.109. The largest absolute Gasteiger partial charge is 0.376 e. The summed E-state index contributed by atoms with van der Waals surface area (Å²) in [6, 6.07) is 14.7. The fourth-order valence-electron chi connectivity index (χ4n) is 2.12.